The number of ketones is 1. The number of methoxy groups -OCH3 is 3. The monoisotopic (exact) mass is 590 g/mol. The molecule has 12 heteroatoms. The number of aliphatic hydroxyl groups excluding tert-OH is 1. The number of aromatic nitrogens is 1. The number of aliphatic hydroxyl groups is 1. The van der Waals surface area contributed by atoms with Gasteiger partial charge in [0.15, 0.2) is 16.6 Å². The molecule has 196 valence electrons. The number of hydrogen-bond donors (Lipinski definition) is 1. The van der Waals surface area contributed by atoms with Crippen LogP contribution in [0.5, 0.6) is 17.2 Å². The van der Waals surface area contributed by atoms with Gasteiger partial charge in [-0.1, -0.05) is 40.6 Å². The molecule has 1 amide bonds. The van der Waals surface area contributed by atoms with Crippen LogP contribution in [0.1, 0.15) is 22.0 Å². The molecule has 0 aliphatic carbocycles. The molecule has 1 fully saturated rings. The summed E-state index contributed by atoms with van der Waals surface area (Å²) in [5, 5.41) is 13.8. The molecule has 1 N–H and O–H groups in total. The van der Waals surface area contributed by atoms with Crippen molar-refractivity contribution in [3.8, 4) is 17.2 Å². The van der Waals surface area contributed by atoms with Crippen molar-refractivity contribution >= 4 is 78.7 Å². The molecule has 5 rings (SSSR count). The first kappa shape index (κ1) is 26.3. The highest BCUT2D eigenvalue weighted by atomic mass is 35.5. The maximum absolute atomic E-state index is 13.5. The van der Waals surface area contributed by atoms with Crippen LogP contribution in [0.4, 0.5) is 5.13 Å². The van der Waals surface area contributed by atoms with E-state index in [0.717, 1.165) is 10.3 Å². The number of rotatable bonds is 6. The highest BCUT2D eigenvalue weighted by Gasteiger charge is 2.49. The quantitative estimate of drug-likeness (QED) is 0.153. The summed E-state index contributed by atoms with van der Waals surface area (Å²) in [7, 11) is 4.33. The van der Waals surface area contributed by atoms with Crippen LogP contribution in [0.15, 0.2) is 41.3 Å². The number of benzene rings is 2. The molecule has 0 bridgehead atoms. The van der Waals surface area contributed by atoms with E-state index in [4.69, 9.17) is 37.4 Å². The molecule has 8 nitrogen and oxygen atoms in total. The largest absolute Gasteiger partial charge is 0.507 e. The summed E-state index contributed by atoms with van der Waals surface area (Å²) in [6.07, 6.45) is 0. The fourth-order valence-corrected chi connectivity index (χ4v) is 6.92. The zero-order chi connectivity index (χ0) is 27.3. The van der Waals surface area contributed by atoms with E-state index in [2.05, 4.69) is 4.98 Å². The molecule has 0 spiro atoms. The van der Waals surface area contributed by atoms with Gasteiger partial charge in [0.1, 0.15) is 22.6 Å². The highest BCUT2D eigenvalue weighted by molar-refractivity contribution is 7.22. The van der Waals surface area contributed by atoms with Gasteiger partial charge in [-0.15, -0.1) is 11.3 Å². The lowest BCUT2D eigenvalue weighted by atomic mass is 9.99. The molecular formula is C26H20Cl2N2O6S2. The summed E-state index contributed by atoms with van der Waals surface area (Å²) < 4.78 is 16.9. The van der Waals surface area contributed by atoms with Gasteiger partial charge in [0.25, 0.3) is 5.78 Å². The molecule has 0 radical (unpaired) electrons. The second-order valence-corrected chi connectivity index (χ2v) is 11.0. The first-order valence-electron chi connectivity index (χ1n) is 11.1. The summed E-state index contributed by atoms with van der Waals surface area (Å²) in [4.78, 5) is 33.6. The maximum Gasteiger partial charge on any atom is 0.301 e. The molecule has 1 aliphatic heterocycles. The lowest BCUT2D eigenvalue weighted by Gasteiger charge is -2.22. The standard InChI is InChI=1S/C26H20Cl2N2O6S2/c1-11-8-14-17(10-15(11)34-2)38-26(29-14)30-20(16-6-5-7-37-16)18(22(32)25(30)33)21(31)12-9-13(27)24(36-4)19(28)23(12)35-3/h5-10,20,31H,1-4H3/b21-18+. The van der Waals surface area contributed by atoms with E-state index in [1.165, 1.54) is 47.9 Å². The van der Waals surface area contributed by atoms with Crippen molar-refractivity contribution in [2.75, 3.05) is 26.2 Å². The Morgan fingerprint density at radius 3 is 2.45 bits per heavy atom. The average Bonchev–Trinajstić information content (AvgIpc) is 3.61. The Labute approximate surface area is 235 Å². The number of thiophene rings is 1. The molecule has 1 unspecified atom stereocenters. The lowest BCUT2D eigenvalue weighted by Crippen LogP contribution is -2.28. The summed E-state index contributed by atoms with van der Waals surface area (Å²) in [6.45, 7) is 1.90. The average molecular weight is 591 g/mol. The number of carbonyl (C=O) groups excluding carboxylic acids is 2. The second-order valence-electron chi connectivity index (χ2n) is 8.26. The predicted octanol–water partition coefficient (Wildman–Crippen LogP) is 6.63. The molecule has 1 saturated heterocycles. The van der Waals surface area contributed by atoms with Gasteiger partial charge in [-0.25, -0.2) is 4.98 Å². The molecule has 1 aliphatic rings. The van der Waals surface area contributed by atoms with Crippen LogP contribution >= 0.6 is 45.9 Å². The maximum atomic E-state index is 13.5. The number of halogens is 2. The van der Waals surface area contributed by atoms with Crippen LogP contribution in [0.2, 0.25) is 10.0 Å². The van der Waals surface area contributed by atoms with Gasteiger partial charge in [0.05, 0.1) is 47.7 Å². The minimum absolute atomic E-state index is 0.0152. The Morgan fingerprint density at radius 2 is 1.82 bits per heavy atom. The first-order chi connectivity index (χ1) is 18.2. The van der Waals surface area contributed by atoms with Gasteiger partial charge >= 0.3 is 5.91 Å². The fourth-order valence-electron chi connectivity index (χ4n) is 4.41. The normalized spacial score (nSPS) is 16.9. The lowest BCUT2D eigenvalue weighted by molar-refractivity contribution is -0.132. The number of Topliss-reactive ketones (excluding diaryl/α,β-unsaturated/α-hetero) is 1. The second kappa shape index (κ2) is 10.1. The van der Waals surface area contributed by atoms with Gasteiger partial charge in [0, 0.05) is 4.88 Å². The topological polar surface area (TPSA) is 98.2 Å². The van der Waals surface area contributed by atoms with E-state index in [0.29, 0.717) is 21.3 Å². The van der Waals surface area contributed by atoms with Crippen LogP contribution in [0.25, 0.3) is 16.0 Å². The summed E-state index contributed by atoms with van der Waals surface area (Å²) in [5.74, 6) is -1.30. The number of hydrogen-bond acceptors (Lipinski definition) is 9. The molecule has 3 heterocycles. The van der Waals surface area contributed by atoms with Gasteiger partial charge in [-0.3, -0.25) is 14.5 Å². The third-order valence-corrected chi connectivity index (χ3v) is 8.72. The SMILES string of the molecule is COc1cc2sc(N3C(=O)C(=O)/C(=C(/O)c4cc(Cl)c(OC)c(Cl)c4OC)C3c3cccs3)nc2cc1C. The summed E-state index contributed by atoms with van der Waals surface area (Å²) in [6, 6.07) is 7.72. The number of fused-ring (bicyclic) bond motifs is 1. The van der Waals surface area contributed by atoms with E-state index in [1.54, 1.807) is 19.2 Å². The van der Waals surface area contributed by atoms with Crippen molar-refractivity contribution in [2.24, 2.45) is 0 Å². The minimum atomic E-state index is -0.942. The molecule has 2 aromatic heterocycles. The van der Waals surface area contributed by atoms with Crippen LogP contribution in [0, 0.1) is 6.92 Å². The number of anilines is 1. The number of amides is 1. The zero-order valence-electron chi connectivity index (χ0n) is 20.5. The van der Waals surface area contributed by atoms with Gasteiger partial charge in [-0.2, -0.15) is 0 Å². The highest BCUT2D eigenvalue weighted by Crippen LogP contribution is 2.49. The van der Waals surface area contributed by atoms with Crippen molar-refractivity contribution < 1.29 is 28.9 Å². The Bertz CT molecular complexity index is 1630. The third-order valence-electron chi connectivity index (χ3n) is 6.15. The van der Waals surface area contributed by atoms with Crippen LogP contribution in [0.3, 0.4) is 0 Å². The Kier molecular flexibility index (Phi) is 6.99. The molecular weight excluding hydrogens is 571 g/mol. The van der Waals surface area contributed by atoms with Crippen molar-refractivity contribution in [1.29, 1.82) is 0 Å². The Hall–Kier alpha value is -3.31. The van der Waals surface area contributed by atoms with Crippen molar-refractivity contribution in [1.82, 2.24) is 4.98 Å². The molecule has 0 saturated carbocycles. The molecule has 1 atom stereocenters. The smallest absolute Gasteiger partial charge is 0.301 e. The number of thiazole rings is 1. The van der Waals surface area contributed by atoms with E-state index in [9.17, 15) is 14.7 Å². The minimum Gasteiger partial charge on any atom is -0.507 e. The van der Waals surface area contributed by atoms with E-state index >= 15 is 0 Å². The van der Waals surface area contributed by atoms with Crippen LogP contribution < -0.4 is 19.1 Å². The number of carbonyl (C=O) groups is 2. The summed E-state index contributed by atoms with van der Waals surface area (Å²) >= 11 is 15.4. The molecule has 2 aromatic carbocycles. The Morgan fingerprint density at radius 1 is 1.08 bits per heavy atom. The number of aryl methyl sites for hydroxylation is 1. The van der Waals surface area contributed by atoms with Gasteiger partial charge < -0.3 is 19.3 Å². The summed E-state index contributed by atoms with van der Waals surface area (Å²) in [5.41, 5.74) is 1.45. The van der Waals surface area contributed by atoms with Crippen LogP contribution in [-0.4, -0.2) is 43.1 Å². The van der Waals surface area contributed by atoms with E-state index in [-0.39, 0.29) is 32.7 Å². The first-order valence-corrected chi connectivity index (χ1v) is 13.6. The van der Waals surface area contributed by atoms with Crippen molar-refractivity contribution in [3.63, 3.8) is 0 Å². The number of nitrogens with zero attached hydrogens (tertiary/aromatic N) is 2. The Balaban J connectivity index is 1.74. The van der Waals surface area contributed by atoms with Crippen molar-refractivity contribution in [2.45, 2.75) is 13.0 Å². The molecule has 38 heavy (non-hydrogen) atoms. The van der Waals surface area contributed by atoms with Gasteiger partial charge in [0.2, 0.25) is 0 Å². The van der Waals surface area contributed by atoms with Crippen LogP contribution in [-0.2, 0) is 9.59 Å². The van der Waals surface area contributed by atoms with Crippen molar-refractivity contribution in [3.05, 3.63) is 67.3 Å². The fraction of sp³-hybridized carbons (Fsp3) is 0.192. The van der Waals surface area contributed by atoms with E-state index in [1.807, 2.05) is 24.4 Å². The van der Waals surface area contributed by atoms with Gasteiger partial charge in [-0.05, 0) is 42.1 Å². The third kappa shape index (κ3) is 4.08. The van der Waals surface area contributed by atoms with E-state index < -0.39 is 23.5 Å². The zero-order valence-corrected chi connectivity index (χ0v) is 23.6. The predicted molar refractivity (Wildman–Crippen MR) is 150 cm³/mol. The molecule has 4 aromatic rings. The number of ether oxygens (including phenoxy) is 3.